The van der Waals surface area contributed by atoms with Crippen LogP contribution in [0.25, 0.3) is 0 Å². The molecule has 1 saturated carbocycles. The topological polar surface area (TPSA) is 57.2 Å². The van der Waals surface area contributed by atoms with Crippen molar-refractivity contribution >= 4 is 0 Å². The summed E-state index contributed by atoms with van der Waals surface area (Å²) < 4.78 is 20.8. The van der Waals surface area contributed by atoms with Gasteiger partial charge in [-0.2, -0.15) is 0 Å². The standard InChI is InChI=1S/C11H22O5/c1-13-4-3-5-15-6-7-16-10-8-9(12)11(10)14-2/h9-12H,3-8H2,1-2H3. The van der Waals surface area contributed by atoms with Gasteiger partial charge >= 0.3 is 0 Å². The third-order valence-electron chi connectivity index (χ3n) is 2.69. The largest absolute Gasteiger partial charge is 0.390 e. The monoisotopic (exact) mass is 234 g/mol. The molecule has 0 aromatic heterocycles. The Morgan fingerprint density at radius 2 is 1.94 bits per heavy atom. The van der Waals surface area contributed by atoms with Crippen LogP contribution in [0.3, 0.4) is 0 Å². The number of aliphatic hydroxyl groups is 1. The number of rotatable bonds is 9. The smallest absolute Gasteiger partial charge is 0.109 e. The van der Waals surface area contributed by atoms with Gasteiger partial charge in [0.15, 0.2) is 0 Å². The number of aliphatic hydroxyl groups excluding tert-OH is 1. The van der Waals surface area contributed by atoms with Crippen molar-refractivity contribution in [3.8, 4) is 0 Å². The summed E-state index contributed by atoms with van der Waals surface area (Å²) in [6.45, 7) is 2.54. The SMILES string of the molecule is COCCCOCCOC1CC(O)C1OC. The maximum absolute atomic E-state index is 9.33. The summed E-state index contributed by atoms with van der Waals surface area (Å²) in [5.74, 6) is 0. The van der Waals surface area contributed by atoms with Gasteiger partial charge in [-0.3, -0.25) is 0 Å². The summed E-state index contributed by atoms with van der Waals surface area (Å²) in [4.78, 5) is 0. The van der Waals surface area contributed by atoms with Gasteiger partial charge in [0.05, 0.1) is 25.4 Å². The second-order valence-electron chi connectivity index (χ2n) is 3.87. The highest BCUT2D eigenvalue weighted by Gasteiger charge is 2.40. The molecule has 1 aliphatic carbocycles. The van der Waals surface area contributed by atoms with E-state index in [0.29, 0.717) is 26.2 Å². The quantitative estimate of drug-likeness (QED) is 0.578. The van der Waals surface area contributed by atoms with E-state index < -0.39 is 0 Å². The molecule has 0 heterocycles. The Morgan fingerprint density at radius 1 is 1.12 bits per heavy atom. The minimum atomic E-state index is -0.377. The molecule has 3 unspecified atom stereocenters. The highest BCUT2D eigenvalue weighted by Crippen LogP contribution is 2.26. The Morgan fingerprint density at radius 3 is 2.56 bits per heavy atom. The molecule has 3 atom stereocenters. The first kappa shape index (κ1) is 13.9. The molecule has 0 amide bonds. The van der Waals surface area contributed by atoms with Crippen molar-refractivity contribution < 1.29 is 24.1 Å². The van der Waals surface area contributed by atoms with Crippen LogP contribution in [0.15, 0.2) is 0 Å². The zero-order valence-electron chi connectivity index (χ0n) is 10.1. The number of methoxy groups -OCH3 is 2. The van der Waals surface area contributed by atoms with Crippen molar-refractivity contribution in [2.75, 3.05) is 40.6 Å². The first-order valence-corrected chi connectivity index (χ1v) is 5.68. The van der Waals surface area contributed by atoms with E-state index in [-0.39, 0.29) is 18.3 Å². The Bertz CT molecular complexity index is 176. The molecule has 0 saturated heterocycles. The Kier molecular flexibility index (Phi) is 6.91. The summed E-state index contributed by atoms with van der Waals surface area (Å²) >= 11 is 0. The van der Waals surface area contributed by atoms with Gasteiger partial charge < -0.3 is 24.1 Å². The van der Waals surface area contributed by atoms with E-state index in [1.54, 1.807) is 14.2 Å². The molecule has 0 spiro atoms. The number of ether oxygens (including phenoxy) is 4. The average Bonchev–Trinajstić information content (AvgIpc) is 2.26. The predicted octanol–water partition coefficient (Wildman–Crippen LogP) is 0.204. The van der Waals surface area contributed by atoms with Gasteiger partial charge in [0.25, 0.3) is 0 Å². The van der Waals surface area contributed by atoms with Crippen molar-refractivity contribution in [3.05, 3.63) is 0 Å². The maximum atomic E-state index is 9.33. The maximum Gasteiger partial charge on any atom is 0.109 e. The molecule has 5 heteroatoms. The van der Waals surface area contributed by atoms with Crippen molar-refractivity contribution in [1.29, 1.82) is 0 Å². The Labute approximate surface area is 96.6 Å². The molecule has 0 aromatic rings. The fraction of sp³-hybridized carbons (Fsp3) is 1.00. The zero-order chi connectivity index (χ0) is 11.8. The molecular formula is C11H22O5. The Balaban J connectivity index is 1.88. The zero-order valence-corrected chi connectivity index (χ0v) is 10.1. The van der Waals surface area contributed by atoms with Crippen LogP contribution in [0.1, 0.15) is 12.8 Å². The van der Waals surface area contributed by atoms with Crippen LogP contribution in [0.2, 0.25) is 0 Å². The molecular weight excluding hydrogens is 212 g/mol. The molecule has 0 aliphatic heterocycles. The third kappa shape index (κ3) is 4.35. The van der Waals surface area contributed by atoms with Gasteiger partial charge in [0.2, 0.25) is 0 Å². The van der Waals surface area contributed by atoms with Crippen molar-refractivity contribution in [3.63, 3.8) is 0 Å². The summed E-state index contributed by atoms with van der Waals surface area (Å²) in [5, 5.41) is 9.33. The minimum absolute atomic E-state index is 0.0163. The van der Waals surface area contributed by atoms with Gasteiger partial charge in [0.1, 0.15) is 6.10 Å². The summed E-state index contributed by atoms with van der Waals surface area (Å²) in [6.07, 6.45) is 1.02. The number of hydrogen-bond acceptors (Lipinski definition) is 5. The first-order valence-electron chi connectivity index (χ1n) is 5.68. The lowest BCUT2D eigenvalue weighted by Gasteiger charge is -2.39. The van der Waals surface area contributed by atoms with E-state index >= 15 is 0 Å². The van der Waals surface area contributed by atoms with Crippen LogP contribution in [0, 0.1) is 0 Å². The molecule has 0 aromatic carbocycles. The molecule has 1 rings (SSSR count). The van der Waals surface area contributed by atoms with E-state index in [0.717, 1.165) is 13.0 Å². The van der Waals surface area contributed by atoms with Crippen LogP contribution in [-0.4, -0.2) is 64.1 Å². The first-order chi connectivity index (χ1) is 7.79. The lowest BCUT2D eigenvalue weighted by atomic mass is 9.88. The van der Waals surface area contributed by atoms with Crippen molar-refractivity contribution in [2.45, 2.75) is 31.2 Å². The van der Waals surface area contributed by atoms with Gasteiger partial charge in [-0.25, -0.2) is 0 Å². The fourth-order valence-electron chi connectivity index (χ4n) is 1.70. The summed E-state index contributed by atoms with van der Waals surface area (Å²) in [6, 6.07) is 0. The average molecular weight is 234 g/mol. The second kappa shape index (κ2) is 7.97. The van der Waals surface area contributed by atoms with Gasteiger partial charge in [0, 0.05) is 33.9 Å². The van der Waals surface area contributed by atoms with Gasteiger partial charge in [-0.15, -0.1) is 0 Å². The number of hydrogen-bond donors (Lipinski definition) is 1. The van der Waals surface area contributed by atoms with Crippen molar-refractivity contribution in [1.82, 2.24) is 0 Å². The molecule has 5 nitrogen and oxygen atoms in total. The molecule has 96 valence electrons. The van der Waals surface area contributed by atoms with Crippen LogP contribution in [-0.2, 0) is 18.9 Å². The van der Waals surface area contributed by atoms with E-state index in [1.165, 1.54) is 0 Å². The fourth-order valence-corrected chi connectivity index (χ4v) is 1.70. The van der Waals surface area contributed by atoms with Crippen molar-refractivity contribution in [2.24, 2.45) is 0 Å². The predicted molar refractivity (Wildman–Crippen MR) is 58.5 cm³/mol. The normalized spacial score (nSPS) is 29.1. The van der Waals surface area contributed by atoms with Crippen LogP contribution < -0.4 is 0 Å². The van der Waals surface area contributed by atoms with Crippen LogP contribution >= 0.6 is 0 Å². The lowest BCUT2D eigenvalue weighted by Crippen LogP contribution is -2.53. The molecule has 1 fully saturated rings. The highest BCUT2D eigenvalue weighted by molar-refractivity contribution is 4.91. The van der Waals surface area contributed by atoms with Gasteiger partial charge in [-0.05, 0) is 6.42 Å². The molecule has 0 bridgehead atoms. The van der Waals surface area contributed by atoms with E-state index in [4.69, 9.17) is 18.9 Å². The van der Waals surface area contributed by atoms with Crippen LogP contribution in [0.5, 0.6) is 0 Å². The van der Waals surface area contributed by atoms with E-state index in [1.807, 2.05) is 0 Å². The van der Waals surface area contributed by atoms with Crippen LogP contribution in [0.4, 0.5) is 0 Å². The van der Waals surface area contributed by atoms with Gasteiger partial charge in [-0.1, -0.05) is 0 Å². The minimum Gasteiger partial charge on any atom is -0.390 e. The molecule has 1 aliphatic rings. The summed E-state index contributed by atoms with van der Waals surface area (Å²) in [5.41, 5.74) is 0. The lowest BCUT2D eigenvalue weighted by molar-refractivity contribution is -0.185. The molecule has 0 radical (unpaired) electrons. The summed E-state index contributed by atoms with van der Waals surface area (Å²) in [7, 11) is 3.26. The van der Waals surface area contributed by atoms with E-state index in [9.17, 15) is 5.11 Å². The molecule has 1 N–H and O–H groups in total. The second-order valence-corrected chi connectivity index (χ2v) is 3.87. The highest BCUT2D eigenvalue weighted by atomic mass is 16.6. The third-order valence-corrected chi connectivity index (χ3v) is 2.69. The molecule has 16 heavy (non-hydrogen) atoms. The Hall–Kier alpha value is -0.200. The van der Waals surface area contributed by atoms with E-state index in [2.05, 4.69) is 0 Å².